The number of hydrogen-bond acceptors (Lipinski definition) is 3. The summed E-state index contributed by atoms with van der Waals surface area (Å²) >= 11 is 1.90. The second kappa shape index (κ2) is 5.74. The van der Waals surface area contributed by atoms with Crippen LogP contribution in [0.15, 0.2) is 24.5 Å². The van der Waals surface area contributed by atoms with Gasteiger partial charge in [0, 0.05) is 30.6 Å². The third kappa shape index (κ3) is 2.69. The predicted octanol–water partition coefficient (Wildman–Crippen LogP) is 2.89. The smallest absolute Gasteiger partial charge is 0.220 e. The van der Waals surface area contributed by atoms with Gasteiger partial charge in [0.25, 0.3) is 0 Å². The lowest BCUT2D eigenvalue weighted by Gasteiger charge is -2.43. The molecule has 1 aliphatic heterocycles. The number of carbonyl (C=O) groups excluding carboxylic acids is 1. The minimum absolute atomic E-state index is 0.163. The van der Waals surface area contributed by atoms with Gasteiger partial charge in [0.1, 0.15) is 0 Å². The minimum Gasteiger partial charge on any atom is -0.333 e. The van der Waals surface area contributed by atoms with Crippen molar-refractivity contribution >= 4 is 17.7 Å². The summed E-state index contributed by atoms with van der Waals surface area (Å²) in [4.78, 5) is 18.1. The molecule has 1 aliphatic rings. The van der Waals surface area contributed by atoms with Crippen LogP contribution in [0.1, 0.15) is 38.3 Å². The summed E-state index contributed by atoms with van der Waals surface area (Å²) in [5, 5.41) is 0.626. The van der Waals surface area contributed by atoms with Gasteiger partial charge in [-0.3, -0.25) is 9.78 Å². The van der Waals surface area contributed by atoms with E-state index in [1.54, 1.807) is 13.1 Å². The molecule has 1 amide bonds. The number of pyridine rings is 1. The van der Waals surface area contributed by atoms with Gasteiger partial charge in [-0.1, -0.05) is 6.07 Å². The summed E-state index contributed by atoms with van der Waals surface area (Å²) in [5.41, 5.74) is 1.15. The number of aromatic nitrogens is 1. The van der Waals surface area contributed by atoms with Gasteiger partial charge < -0.3 is 4.90 Å². The van der Waals surface area contributed by atoms with E-state index in [0.717, 1.165) is 18.4 Å². The molecule has 1 saturated heterocycles. The lowest BCUT2D eigenvalue weighted by atomic mass is 9.91. The number of piperidine rings is 1. The first-order valence-corrected chi connectivity index (χ1v) is 7.64. The summed E-state index contributed by atoms with van der Waals surface area (Å²) < 4.78 is 0. The van der Waals surface area contributed by atoms with Crippen molar-refractivity contribution in [2.24, 2.45) is 0 Å². The highest BCUT2D eigenvalue weighted by molar-refractivity contribution is 7.99. The van der Waals surface area contributed by atoms with E-state index in [9.17, 15) is 4.79 Å². The molecule has 0 saturated carbocycles. The maximum Gasteiger partial charge on any atom is 0.220 e. The highest BCUT2D eigenvalue weighted by atomic mass is 32.2. The molecule has 0 radical (unpaired) electrons. The Hall–Kier alpha value is -1.03. The molecule has 4 heteroatoms. The predicted molar refractivity (Wildman–Crippen MR) is 75.5 cm³/mol. The fraction of sp³-hybridized carbons (Fsp3) is 0.571. The van der Waals surface area contributed by atoms with Gasteiger partial charge in [0.15, 0.2) is 0 Å². The van der Waals surface area contributed by atoms with E-state index in [-0.39, 0.29) is 11.9 Å². The highest BCUT2D eigenvalue weighted by Gasteiger charge is 2.35. The fourth-order valence-electron chi connectivity index (χ4n) is 2.85. The zero-order valence-corrected chi connectivity index (χ0v) is 12.0. The number of carbonyl (C=O) groups is 1. The molecule has 0 aliphatic carbocycles. The molecule has 3 nitrogen and oxygen atoms in total. The quantitative estimate of drug-likeness (QED) is 0.823. The maximum absolute atomic E-state index is 11.9. The molecule has 1 aromatic rings. The van der Waals surface area contributed by atoms with Crippen LogP contribution in [-0.2, 0) is 4.79 Å². The van der Waals surface area contributed by atoms with Crippen molar-refractivity contribution in [3.05, 3.63) is 30.1 Å². The Balaban J connectivity index is 2.30. The monoisotopic (exact) mass is 264 g/mol. The number of likely N-dealkylation sites (tertiary alicyclic amines) is 1. The molecule has 3 unspecified atom stereocenters. The molecule has 1 fully saturated rings. The number of rotatable bonds is 2. The molecular formula is C14H20N2OS. The first-order chi connectivity index (χ1) is 8.63. The summed E-state index contributed by atoms with van der Waals surface area (Å²) in [5.74, 6) is 0.163. The van der Waals surface area contributed by atoms with Gasteiger partial charge in [0.2, 0.25) is 5.91 Å². The van der Waals surface area contributed by atoms with Gasteiger partial charge in [-0.2, -0.15) is 11.8 Å². The van der Waals surface area contributed by atoms with Crippen LogP contribution in [-0.4, -0.2) is 33.3 Å². The van der Waals surface area contributed by atoms with Crippen molar-refractivity contribution in [1.82, 2.24) is 9.88 Å². The van der Waals surface area contributed by atoms with E-state index >= 15 is 0 Å². The summed E-state index contributed by atoms with van der Waals surface area (Å²) in [7, 11) is 0. The lowest BCUT2D eigenvalue weighted by molar-refractivity contribution is -0.135. The SMILES string of the molecule is CSC1CC(C)N(C(C)=O)C(c2cccnc2)C1. The highest BCUT2D eigenvalue weighted by Crippen LogP contribution is 2.38. The minimum atomic E-state index is 0.163. The standard InChI is InChI=1S/C14H20N2OS/c1-10-7-13(18-3)8-14(16(10)11(2)17)12-5-4-6-15-9-12/h4-6,9-10,13-14H,7-8H2,1-3H3. The van der Waals surface area contributed by atoms with Gasteiger partial charge in [-0.15, -0.1) is 0 Å². The summed E-state index contributed by atoms with van der Waals surface area (Å²) in [6, 6.07) is 4.50. The second-order valence-corrected chi connectivity index (χ2v) is 6.04. The Morgan fingerprint density at radius 3 is 2.83 bits per heavy atom. The average molecular weight is 264 g/mol. The van der Waals surface area contributed by atoms with E-state index in [2.05, 4.69) is 24.2 Å². The van der Waals surface area contributed by atoms with Crippen molar-refractivity contribution in [3.8, 4) is 0 Å². The van der Waals surface area contributed by atoms with Crippen molar-refractivity contribution < 1.29 is 4.79 Å². The number of hydrogen-bond donors (Lipinski definition) is 0. The Morgan fingerprint density at radius 1 is 1.50 bits per heavy atom. The van der Waals surface area contributed by atoms with E-state index in [4.69, 9.17) is 0 Å². The third-order valence-electron chi connectivity index (χ3n) is 3.67. The van der Waals surface area contributed by atoms with Gasteiger partial charge in [-0.25, -0.2) is 0 Å². The Kier molecular flexibility index (Phi) is 4.27. The molecule has 0 bridgehead atoms. The van der Waals surface area contributed by atoms with Crippen LogP contribution in [0.4, 0.5) is 0 Å². The Labute approximate surface area is 113 Å². The largest absolute Gasteiger partial charge is 0.333 e. The van der Waals surface area contributed by atoms with Gasteiger partial charge in [0.05, 0.1) is 6.04 Å². The van der Waals surface area contributed by atoms with Crippen LogP contribution in [0.25, 0.3) is 0 Å². The van der Waals surface area contributed by atoms with E-state index < -0.39 is 0 Å². The molecule has 0 spiro atoms. The molecule has 0 aromatic carbocycles. The van der Waals surface area contributed by atoms with E-state index in [0.29, 0.717) is 11.3 Å². The summed E-state index contributed by atoms with van der Waals surface area (Å²) in [6.07, 6.45) is 7.92. The van der Waals surface area contributed by atoms with Crippen LogP contribution in [0.2, 0.25) is 0 Å². The Morgan fingerprint density at radius 2 is 2.28 bits per heavy atom. The fourth-order valence-corrected chi connectivity index (χ4v) is 3.70. The van der Waals surface area contributed by atoms with E-state index in [1.165, 1.54) is 0 Å². The van der Waals surface area contributed by atoms with Crippen LogP contribution in [0, 0.1) is 0 Å². The van der Waals surface area contributed by atoms with Crippen LogP contribution < -0.4 is 0 Å². The van der Waals surface area contributed by atoms with Crippen LogP contribution >= 0.6 is 11.8 Å². The molecule has 1 aromatic heterocycles. The third-order valence-corrected chi connectivity index (χ3v) is 4.72. The van der Waals surface area contributed by atoms with Crippen LogP contribution in [0.3, 0.4) is 0 Å². The molecule has 98 valence electrons. The van der Waals surface area contributed by atoms with Gasteiger partial charge in [-0.05, 0) is 37.7 Å². The van der Waals surface area contributed by atoms with Gasteiger partial charge >= 0.3 is 0 Å². The van der Waals surface area contributed by atoms with Crippen LogP contribution in [0.5, 0.6) is 0 Å². The van der Waals surface area contributed by atoms with Crippen molar-refractivity contribution in [1.29, 1.82) is 0 Å². The molecule has 3 atom stereocenters. The maximum atomic E-state index is 11.9. The number of amides is 1. The Bertz CT molecular complexity index is 410. The zero-order chi connectivity index (χ0) is 13.1. The topological polar surface area (TPSA) is 33.2 Å². The molecule has 2 rings (SSSR count). The molecule has 18 heavy (non-hydrogen) atoms. The normalized spacial score (nSPS) is 28.2. The van der Waals surface area contributed by atoms with Crippen molar-refractivity contribution in [3.63, 3.8) is 0 Å². The molecule has 2 heterocycles. The molecular weight excluding hydrogens is 244 g/mol. The zero-order valence-electron chi connectivity index (χ0n) is 11.2. The lowest BCUT2D eigenvalue weighted by Crippen LogP contribution is -2.46. The average Bonchev–Trinajstić information content (AvgIpc) is 2.38. The second-order valence-electron chi connectivity index (χ2n) is 4.91. The molecule has 0 N–H and O–H groups in total. The first-order valence-electron chi connectivity index (χ1n) is 6.35. The van der Waals surface area contributed by atoms with Crippen molar-refractivity contribution in [2.75, 3.05) is 6.26 Å². The first kappa shape index (κ1) is 13.4. The number of thioether (sulfide) groups is 1. The number of nitrogens with zero attached hydrogens (tertiary/aromatic N) is 2. The summed E-state index contributed by atoms with van der Waals surface area (Å²) in [6.45, 7) is 3.81. The van der Waals surface area contributed by atoms with E-state index in [1.807, 2.05) is 28.9 Å². The van der Waals surface area contributed by atoms with Crippen molar-refractivity contribution in [2.45, 2.75) is 44.0 Å².